The zero-order chi connectivity index (χ0) is 15.9. The summed E-state index contributed by atoms with van der Waals surface area (Å²) in [6.45, 7) is 5.24. The van der Waals surface area contributed by atoms with Crippen molar-refractivity contribution < 1.29 is 9.53 Å². The first-order valence-electron chi connectivity index (χ1n) is 6.76. The molecule has 0 aliphatic rings. The lowest BCUT2D eigenvalue weighted by Crippen LogP contribution is -2.45. The number of guanidine groups is 1. The number of ether oxygens (including phenoxy) is 1. The van der Waals surface area contributed by atoms with Gasteiger partial charge in [0.25, 0.3) is 0 Å². The molecule has 0 spiro atoms. The maximum atomic E-state index is 11.0. The summed E-state index contributed by atoms with van der Waals surface area (Å²) in [7, 11) is 3.39. The van der Waals surface area contributed by atoms with Gasteiger partial charge in [0.1, 0.15) is 0 Å². The topological polar surface area (TPSA) is 88.7 Å². The number of nitrogens with zero attached hydrogens (tertiary/aromatic N) is 1. The van der Waals surface area contributed by atoms with Crippen LogP contribution in [-0.4, -0.2) is 38.2 Å². The number of amides is 1. The third-order valence-corrected chi connectivity index (χ3v) is 3.16. The van der Waals surface area contributed by atoms with E-state index in [1.807, 2.05) is 26.0 Å². The lowest BCUT2D eigenvalue weighted by molar-refractivity contribution is 0.0268. The van der Waals surface area contributed by atoms with Crippen molar-refractivity contribution in [3.8, 4) is 0 Å². The Morgan fingerprint density at radius 1 is 1.29 bits per heavy atom. The summed E-state index contributed by atoms with van der Waals surface area (Å²) < 4.78 is 5.34. The van der Waals surface area contributed by atoms with Gasteiger partial charge in [-0.15, -0.1) is 0 Å². The fourth-order valence-electron chi connectivity index (χ4n) is 1.56. The first kappa shape index (κ1) is 17.0. The van der Waals surface area contributed by atoms with E-state index in [9.17, 15) is 4.79 Å². The Labute approximate surface area is 125 Å². The van der Waals surface area contributed by atoms with Gasteiger partial charge >= 0.3 is 0 Å². The molecule has 0 aliphatic carbocycles. The summed E-state index contributed by atoms with van der Waals surface area (Å²) in [5.41, 5.74) is 6.48. The number of hydrogen-bond donors (Lipinski definition) is 3. The maximum Gasteiger partial charge on any atom is 0.248 e. The van der Waals surface area contributed by atoms with E-state index in [0.717, 1.165) is 5.56 Å². The molecule has 1 amide bonds. The molecule has 0 unspecified atom stereocenters. The van der Waals surface area contributed by atoms with E-state index in [2.05, 4.69) is 15.6 Å². The minimum Gasteiger partial charge on any atom is -0.377 e. The highest BCUT2D eigenvalue weighted by molar-refractivity contribution is 5.92. The molecular weight excluding hydrogens is 268 g/mol. The number of carbonyl (C=O) groups excluding carboxylic acids is 1. The van der Waals surface area contributed by atoms with E-state index in [1.54, 1.807) is 26.3 Å². The van der Waals surface area contributed by atoms with Crippen LogP contribution in [0.2, 0.25) is 0 Å². The first-order chi connectivity index (χ1) is 9.88. The number of nitrogens with two attached hydrogens (primary N) is 1. The second-order valence-corrected chi connectivity index (χ2v) is 5.30. The molecule has 0 fully saturated rings. The van der Waals surface area contributed by atoms with Crippen LogP contribution in [0.1, 0.15) is 29.8 Å². The number of primary amides is 1. The van der Waals surface area contributed by atoms with E-state index in [4.69, 9.17) is 10.5 Å². The van der Waals surface area contributed by atoms with Crippen LogP contribution < -0.4 is 16.4 Å². The van der Waals surface area contributed by atoms with Gasteiger partial charge in [-0.3, -0.25) is 9.79 Å². The van der Waals surface area contributed by atoms with Gasteiger partial charge in [-0.05, 0) is 31.5 Å². The maximum absolute atomic E-state index is 11.0. The van der Waals surface area contributed by atoms with Crippen molar-refractivity contribution in [2.24, 2.45) is 10.7 Å². The molecule has 1 aromatic carbocycles. The normalized spacial score (nSPS) is 12.1. The van der Waals surface area contributed by atoms with E-state index in [1.165, 1.54) is 0 Å². The van der Waals surface area contributed by atoms with E-state index < -0.39 is 5.91 Å². The molecule has 0 heterocycles. The molecule has 0 saturated carbocycles. The standard InChI is InChI=1S/C15H24N4O2/c1-15(2,21-4)10-19-14(17-3)18-9-11-5-7-12(8-6-11)13(16)20/h5-8H,9-10H2,1-4H3,(H2,16,20)(H2,17,18,19). The number of benzene rings is 1. The lowest BCUT2D eigenvalue weighted by Gasteiger charge is -2.24. The summed E-state index contributed by atoms with van der Waals surface area (Å²) in [6, 6.07) is 7.14. The SMILES string of the molecule is CN=C(NCc1ccc(C(N)=O)cc1)NCC(C)(C)OC. The quantitative estimate of drug-likeness (QED) is 0.536. The summed E-state index contributed by atoms with van der Waals surface area (Å²) in [5, 5.41) is 6.40. The predicted molar refractivity (Wildman–Crippen MR) is 84.2 cm³/mol. The predicted octanol–water partition coefficient (Wildman–Crippen LogP) is 0.875. The third-order valence-electron chi connectivity index (χ3n) is 3.16. The van der Waals surface area contributed by atoms with Crippen molar-refractivity contribution in [2.45, 2.75) is 26.0 Å². The monoisotopic (exact) mass is 292 g/mol. The Morgan fingerprint density at radius 3 is 2.38 bits per heavy atom. The fraction of sp³-hybridized carbons (Fsp3) is 0.467. The van der Waals surface area contributed by atoms with E-state index >= 15 is 0 Å². The van der Waals surface area contributed by atoms with Crippen LogP contribution in [0, 0.1) is 0 Å². The van der Waals surface area contributed by atoms with E-state index in [-0.39, 0.29) is 5.60 Å². The minimum absolute atomic E-state index is 0.263. The molecule has 6 heteroatoms. The van der Waals surface area contributed by atoms with Crippen molar-refractivity contribution in [3.63, 3.8) is 0 Å². The van der Waals surface area contributed by atoms with Crippen LogP contribution in [0.5, 0.6) is 0 Å². The molecule has 0 aliphatic heterocycles. The number of nitrogens with one attached hydrogen (secondary N) is 2. The minimum atomic E-state index is -0.422. The average Bonchev–Trinajstić information content (AvgIpc) is 2.48. The molecule has 0 atom stereocenters. The van der Waals surface area contributed by atoms with Crippen LogP contribution >= 0.6 is 0 Å². The highest BCUT2D eigenvalue weighted by Gasteiger charge is 2.16. The molecule has 1 rings (SSSR count). The number of methoxy groups -OCH3 is 1. The second kappa shape index (κ2) is 7.64. The van der Waals surface area contributed by atoms with Gasteiger partial charge < -0.3 is 21.1 Å². The van der Waals surface area contributed by atoms with Crippen LogP contribution in [0.3, 0.4) is 0 Å². The van der Waals surface area contributed by atoms with E-state index in [0.29, 0.717) is 24.6 Å². The number of carbonyl (C=O) groups is 1. The summed E-state index contributed by atoms with van der Waals surface area (Å²) in [6.07, 6.45) is 0. The van der Waals surface area contributed by atoms with Crippen molar-refractivity contribution in [1.29, 1.82) is 0 Å². The van der Waals surface area contributed by atoms with Gasteiger partial charge in [0.2, 0.25) is 5.91 Å². The van der Waals surface area contributed by atoms with Crippen molar-refractivity contribution >= 4 is 11.9 Å². The van der Waals surface area contributed by atoms with Crippen LogP contribution in [0.4, 0.5) is 0 Å². The zero-order valence-electron chi connectivity index (χ0n) is 13.1. The summed E-state index contributed by atoms with van der Waals surface area (Å²) in [4.78, 5) is 15.1. The average molecular weight is 292 g/mol. The van der Waals surface area contributed by atoms with Gasteiger partial charge in [-0.25, -0.2) is 0 Å². The Hall–Kier alpha value is -2.08. The zero-order valence-corrected chi connectivity index (χ0v) is 13.1. The molecule has 6 nitrogen and oxygen atoms in total. The molecule has 0 saturated heterocycles. The smallest absolute Gasteiger partial charge is 0.248 e. The van der Waals surface area contributed by atoms with Crippen molar-refractivity contribution in [3.05, 3.63) is 35.4 Å². The molecular formula is C15H24N4O2. The number of aliphatic imine (C=N–C) groups is 1. The lowest BCUT2D eigenvalue weighted by atomic mass is 10.1. The summed E-state index contributed by atoms with van der Waals surface area (Å²) in [5.74, 6) is 0.271. The van der Waals surface area contributed by atoms with Crippen LogP contribution in [0.25, 0.3) is 0 Å². The van der Waals surface area contributed by atoms with Crippen molar-refractivity contribution in [1.82, 2.24) is 10.6 Å². The molecule has 21 heavy (non-hydrogen) atoms. The Morgan fingerprint density at radius 2 is 1.90 bits per heavy atom. The Bertz CT molecular complexity index is 495. The Balaban J connectivity index is 2.50. The molecule has 4 N–H and O–H groups in total. The highest BCUT2D eigenvalue weighted by Crippen LogP contribution is 2.05. The Kier molecular flexibility index (Phi) is 6.17. The van der Waals surface area contributed by atoms with Crippen molar-refractivity contribution in [2.75, 3.05) is 20.7 Å². The van der Waals surface area contributed by atoms with Gasteiger partial charge in [0.05, 0.1) is 5.60 Å². The highest BCUT2D eigenvalue weighted by atomic mass is 16.5. The second-order valence-electron chi connectivity index (χ2n) is 5.30. The molecule has 0 radical (unpaired) electrons. The van der Waals surface area contributed by atoms with Gasteiger partial charge in [0.15, 0.2) is 5.96 Å². The molecule has 1 aromatic rings. The molecule has 116 valence electrons. The van der Waals surface area contributed by atoms with Gasteiger partial charge in [0, 0.05) is 32.8 Å². The number of rotatable bonds is 6. The fourth-order valence-corrected chi connectivity index (χ4v) is 1.56. The summed E-state index contributed by atoms with van der Waals surface area (Å²) >= 11 is 0. The van der Waals surface area contributed by atoms with Gasteiger partial charge in [-0.1, -0.05) is 12.1 Å². The largest absolute Gasteiger partial charge is 0.377 e. The molecule has 0 bridgehead atoms. The first-order valence-corrected chi connectivity index (χ1v) is 6.76. The van der Waals surface area contributed by atoms with Crippen LogP contribution in [-0.2, 0) is 11.3 Å². The van der Waals surface area contributed by atoms with Gasteiger partial charge in [-0.2, -0.15) is 0 Å². The molecule has 0 aromatic heterocycles. The number of hydrogen-bond acceptors (Lipinski definition) is 3. The third kappa shape index (κ3) is 5.83. The van der Waals surface area contributed by atoms with Crippen LogP contribution in [0.15, 0.2) is 29.3 Å².